The summed E-state index contributed by atoms with van der Waals surface area (Å²) in [5.74, 6) is 0. The van der Waals surface area contributed by atoms with Crippen LogP contribution in [0.2, 0.25) is 0 Å². The molecule has 0 saturated carbocycles. The minimum absolute atomic E-state index is 0.0417. The highest BCUT2D eigenvalue weighted by molar-refractivity contribution is 5.46. The quantitative estimate of drug-likeness (QED) is 0.608. The minimum atomic E-state index is 0.0417. The van der Waals surface area contributed by atoms with Crippen LogP contribution >= 0.6 is 0 Å². The van der Waals surface area contributed by atoms with Crippen molar-refractivity contribution in [2.75, 3.05) is 20.2 Å². The largest absolute Gasteiger partial charge is 0.379 e. The molecule has 0 spiro atoms. The highest BCUT2D eigenvalue weighted by Crippen LogP contribution is 2.05. The van der Waals surface area contributed by atoms with Gasteiger partial charge in [-0.25, -0.2) is 0 Å². The van der Waals surface area contributed by atoms with Crippen molar-refractivity contribution in [3.05, 3.63) is 0 Å². The average molecular weight is 201 g/mol. The van der Waals surface area contributed by atoms with E-state index in [1.165, 1.54) is 19.3 Å². The molecule has 3 heteroatoms. The molecule has 0 unspecified atom stereocenters. The van der Waals surface area contributed by atoms with E-state index in [4.69, 9.17) is 4.74 Å². The van der Waals surface area contributed by atoms with Gasteiger partial charge in [0.1, 0.15) is 0 Å². The highest BCUT2D eigenvalue weighted by atomic mass is 16.5. The molecule has 14 heavy (non-hydrogen) atoms. The molecule has 0 N–H and O–H groups in total. The second-order valence-electron chi connectivity index (χ2n) is 4.52. The molecule has 3 nitrogen and oxygen atoms in total. The first-order valence-electron chi connectivity index (χ1n) is 5.24. The molecule has 1 saturated heterocycles. The minimum Gasteiger partial charge on any atom is -0.379 e. The van der Waals surface area contributed by atoms with Crippen LogP contribution in [0.1, 0.15) is 40.0 Å². The third kappa shape index (κ3) is 8.05. The molecule has 1 amide bonds. The van der Waals surface area contributed by atoms with Crippen LogP contribution in [0.25, 0.3) is 0 Å². The lowest BCUT2D eigenvalue weighted by Gasteiger charge is -2.21. The molecule has 1 fully saturated rings. The second kappa shape index (κ2) is 6.82. The maximum atomic E-state index is 10.1. The van der Waals surface area contributed by atoms with Gasteiger partial charge in [-0.15, -0.1) is 0 Å². The lowest BCUT2D eigenvalue weighted by atomic mass is 10.1. The van der Waals surface area contributed by atoms with Crippen LogP contribution in [-0.4, -0.2) is 37.1 Å². The molecule has 0 bridgehead atoms. The third-order valence-corrected chi connectivity index (χ3v) is 2.15. The first-order chi connectivity index (χ1) is 6.49. The van der Waals surface area contributed by atoms with Crippen LogP contribution in [0.15, 0.2) is 0 Å². The number of piperidine rings is 1. The van der Waals surface area contributed by atoms with Gasteiger partial charge in [0, 0.05) is 20.2 Å². The summed E-state index contributed by atoms with van der Waals surface area (Å²) < 4.78 is 4.94. The third-order valence-electron chi connectivity index (χ3n) is 2.15. The zero-order valence-electron chi connectivity index (χ0n) is 9.88. The van der Waals surface area contributed by atoms with E-state index in [-0.39, 0.29) is 5.60 Å². The number of likely N-dealkylation sites (tertiary alicyclic amines) is 1. The van der Waals surface area contributed by atoms with Gasteiger partial charge in [0.25, 0.3) is 0 Å². The monoisotopic (exact) mass is 201 g/mol. The fourth-order valence-electron chi connectivity index (χ4n) is 1.02. The Hall–Kier alpha value is -0.570. The van der Waals surface area contributed by atoms with Crippen molar-refractivity contribution in [1.29, 1.82) is 0 Å². The van der Waals surface area contributed by atoms with E-state index in [0.717, 1.165) is 19.5 Å². The molecule has 0 aromatic carbocycles. The molecule has 0 aromatic heterocycles. The van der Waals surface area contributed by atoms with Crippen LogP contribution in [0.4, 0.5) is 0 Å². The van der Waals surface area contributed by atoms with Crippen molar-refractivity contribution in [2.24, 2.45) is 0 Å². The summed E-state index contributed by atoms with van der Waals surface area (Å²) in [4.78, 5) is 11.9. The molecule has 1 heterocycles. The maximum Gasteiger partial charge on any atom is 0.209 e. The lowest BCUT2D eigenvalue weighted by molar-refractivity contribution is -0.118. The van der Waals surface area contributed by atoms with Gasteiger partial charge in [0.2, 0.25) is 6.41 Å². The Bertz CT molecular complexity index is 146. The molecule has 1 aliphatic rings. The van der Waals surface area contributed by atoms with Crippen molar-refractivity contribution in [3.8, 4) is 0 Å². The SMILES string of the molecule is COC(C)(C)C.O=CN1CCCCC1. The molecular weight excluding hydrogens is 178 g/mol. The van der Waals surface area contributed by atoms with Gasteiger partial charge >= 0.3 is 0 Å². The van der Waals surface area contributed by atoms with Crippen molar-refractivity contribution in [2.45, 2.75) is 45.6 Å². The Balaban J connectivity index is 0.000000255. The van der Waals surface area contributed by atoms with Crippen LogP contribution in [0, 0.1) is 0 Å². The van der Waals surface area contributed by atoms with Gasteiger partial charge in [-0.2, -0.15) is 0 Å². The van der Waals surface area contributed by atoms with E-state index in [9.17, 15) is 4.79 Å². The normalized spacial score (nSPS) is 17.0. The summed E-state index contributed by atoms with van der Waals surface area (Å²) in [7, 11) is 1.71. The van der Waals surface area contributed by atoms with Crippen LogP contribution < -0.4 is 0 Å². The molecule has 1 aliphatic heterocycles. The van der Waals surface area contributed by atoms with E-state index in [1.54, 1.807) is 7.11 Å². The summed E-state index contributed by atoms with van der Waals surface area (Å²) in [6.07, 6.45) is 4.63. The number of carbonyl (C=O) groups is 1. The maximum absolute atomic E-state index is 10.1. The van der Waals surface area contributed by atoms with Gasteiger partial charge in [0.15, 0.2) is 0 Å². The number of amides is 1. The van der Waals surface area contributed by atoms with E-state index in [2.05, 4.69) is 0 Å². The fourth-order valence-corrected chi connectivity index (χ4v) is 1.02. The first-order valence-corrected chi connectivity index (χ1v) is 5.24. The van der Waals surface area contributed by atoms with Crippen LogP contribution in [0.3, 0.4) is 0 Å². The van der Waals surface area contributed by atoms with Gasteiger partial charge < -0.3 is 9.64 Å². The summed E-state index contributed by atoms with van der Waals surface area (Å²) in [6.45, 7) is 8.01. The Morgan fingerprint density at radius 1 is 1.14 bits per heavy atom. The number of hydrogen-bond donors (Lipinski definition) is 0. The Morgan fingerprint density at radius 3 is 1.79 bits per heavy atom. The number of rotatable bonds is 1. The predicted octanol–water partition coefficient (Wildman–Crippen LogP) is 2.06. The highest BCUT2D eigenvalue weighted by Gasteiger charge is 2.05. The molecule has 0 radical (unpaired) electrons. The summed E-state index contributed by atoms with van der Waals surface area (Å²) in [5, 5.41) is 0. The van der Waals surface area contributed by atoms with Crippen molar-refractivity contribution < 1.29 is 9.53 Å². The number of nitrogens with zero attached hydrogens (tertiary/aromatic N) is 1. The van der Waals surface area contributed by atoms with E-state index in [1.807, 2.05) is 25.7 Å². The topological polar surface area (TPSA) is 29.5 Å². The number of ether oxygens (including phenoxy) is 1. The average Bonchev–Trinajstić information content (AvgIpc) is 2.19. The van der Waals surface area contributed by atoms with Gasteiger partial charge in [-0.1, -0.05) is 0 Å². The Morgan fingerprint density at radius 2 is 1.57 bits per heavy atom. The number of methoxy groups -OCH3 is 1. The zero-order valence-corrected chi connectivity index (χ0v) is 9.88. The summed E-state index contributed by atoms with van der Waals surface area (Å²) in [5.41, 5.74) is 0.0417. The van der Waals surface area contributed by atoms with Gasteiger partial charge in [0.05, 0.1) is 5.60 Å². The number of hydrogen-bond acceptors (Lipinski definition) is 2. The fraction of sp³-hybridized carbons (Fsp3) is 0.909. The Kier molecular flexibility index (Phi) is 6.54. The smallest absolute Gasteiger partial charge is 0.209 e. The van der Waals surface area contributed by atoms with E-state index >= 15 is 0 Å². The van der Waals surface area contributed by atoms with Crippen LogP contribution in [-0.2, 0) is 9.53 Å². The van der Waals surface area contributed by atoms with Crippen molar-refractivity contribution in [3.63, 3.8) is 0 Å². The van der Waals surface area contributed by atoms with Gasteiger partial charge in [-0.3, -0.25) is 4.79 Å². The molecule has 0 aromatic rings. The van der Waals surface area contributed by atoms with E-state index in [0.29, 0.717) is 0 Å². The van der Waals surface area contributed by atoms with Crippen molar-refractivity contribution in [1.82, 2.24) is 4.90 Å². The predicted molar refractivity (Wildman–Crippen MR) is 58.3 cm³/mol. The molecule has 0 aliphatic carbocycles. The molecule has 0 atom stereocenters. The molecule has 84 valence electrons. The first kappa shape index (κ1) is 13.4. The number of carbonyl (C=O) groups excluding carboxylic acids is 1. The summed E-state index contributed by atoms with van der Waals surface area (Å²) in [6, 6.07) is 0. The summed E-state index contributed by atoms with van der Waals surface area (Å²) >= 11 is 0. The second-order valence-corrected chi connectivity index (χ2v) is 4.52. The molecular formula is C11H23NO2. The van der Waals surface area contributed by atoms with Crippen LogP contribution in [0.5, 0.6) is 0 Å². The zero-order chi connectivity index (χ0) is 11.0. The van der Waals surface area contributed by atoms with E-state index < -0.39 is 0 Å². The van der Waals surface area contributed by atoms with Crippen molar-refractivity contribution >= 4 is 6.41 Å². The Labute approximate surface area is 87.4 Å². The van der Waals surface area contributed by atoms with Gasteiger partial charge in [-0.05, 0) is 40.0 Å². The standard InChI is InChI=1S/C6H11NO.C5H12O/c8-6-7-4-2-1-3-5-7;1-5(2,3)6-4/h6H,1-5H2;1-4H3. The lowest BCUT2D eigenvalue weighted by Crippen LogP contribution is -2.27. The molecule has 1 rings (SSSR count).